The molecule has 0 spiro atoms. The molecule has 2 N–H and O–H groups in total. The summed E-state index contributed by atoms with van der Waals surface area (Å²) in [6.07, 6.45) is 3.65. The Morgan fingerprint density at radius 1 is 1.03 bits per heavy atom. The van der Waals surface area contributed by atoms with Crippen molar-refractivity contribution in [2.75, 3.05) is 31.2 Å². The Bertz CT molecular complexity index is 877. The number of pyridine rings is 1. The zero-order valence-corrected chi connectivity index (χ0v) is 19.7. The number of rotatable bonds is 9. The Morgan fingerprint density at radius 3 is 2.32 bits per heavy atom. The van der Waals surface area contributed by atoms with Crippen molar-refractivity contribution in [1.82, 2.24) is 15.0 Å². The minimum atomic E-state index is 0.123. The molecule has 0 aromatic carbocycles. The summed E-state index contributed by atoms with van der Waals surface area (Å²) in [6.45, 7) is 14.1. The van der Waals surface area contributed by atoms with E-state index in [2.05, 4.69) is 45.6 Å². The van der Waals surface area contributed by atoms with E-state index in [1.165, 1.54) is 5.56 Å². The molecule has 2 aromatic rings. The summed E-state index contributed by atoms with van der Waals surface area (Å²) >= 11 is 0. The fourth-order valence-electron chi connectivity index (χ4n) is 3.97. The van der Waals surface area contributed by atoms with Crippen molar-refractivity contribution in [2.24, 2.45) is 5.73 Å². The highest BCUT2D eigenvalue weighted by Crippen LogP contribution is 2.32. The van der Waals surface area contributed by atoms with Gasteiger partial charge < -0.3 is 20.1 Å². The third-order valence-electron chi connectivity index (χ3n) is 5.94. The van der Waals surface area contributed by atoms with Crippen molar-refractivity contribution >= 4 is 5.82 Å². The summed E-state index contributed by atoms with van der Waals surface area (Å²) in [5.74, 6) is 1.63. The zero-order chi connectivity index (χ0) is 22.4. The molecular formula is C24H37N5O2. The first-order valence-electron chi connectivity index (χ1n) is 11.7. The standard InChI is InChI=1S/C24H37N5O2/c1-6-17-14-19(16(5)26-23(17)29-10-12-30-13-11-29)22-20(9-4)28-24(21(15-25)27-22)31-18(7-2)8-3/h14,18H,6-13,15,25H2,1-5H3. The zero-order valence-electron chi connectivity index (χ0n) is 19.7. The van der Waals surface area contributed by atoms with Gasteiger partial charge >= 0.3 is 0 Å². The summed E-state index contributed by atoms with van der Waals surface area (Å²) < 4.78 is 11.7. The average molecular weight is 428 g/mol. The lowest BCUT2D eigenvalue weighted by atomic mass is 10.0. The number of aryl methyl sites for hydroxylation is 3. The van der Waals surface area contributed by atoms with Gasteiger partial charge in [0.1, 0.15) is 11.5 Å². The molecule has 1 saturated heterocycles. The second-order valence-electron chi connectivity index (χ2n) is 7.94. The number of anilines is 1. The average Bonchev–Trinajstić information content (AvgIpc) is 2.82. The summed E-state index contributed by atoms with van der Waals surface area (Å²) in [5, 5.41) is 0. The van der Waals surface area contributed by atoms with Gasteiger partial charge in [0.05, 0.1) is 30.7 Å². The predicted molar refractivity (Wildman–Crippen MR) is 125 cm³/mol. The van der Waals surface area contributed by atoms with Gasteiger partial charge in [-0.05, 0) is 44.2 Å². The minimum Gasteiger partial charge on any atom is -0.473 e. The fraction of sp³-hybridized carbons (Fsp3) is 0.625. The molecule has 31 heavy (non-hydrogen) atoms. The molecule has 7 nitrogen and oxygen atoms in total. The molecule has 0 unspecified atom stereocenters. The van der Waals surface area contributed by atoms with E-state index in [1.54, 1.807) is 0 Å². The van der Waals surface area contributed by atoms with Crippen molar-refractivity contribution in [1.29, 1.82) is 0 Å². The lowest BCUT2D eigenvalue weighted by molar-refractivity contribution is 0.122. The molecule has 1 aliphatic rings. The van der Waals surface area contributed by atoms with Crippen LogP contribution in [-0.4, -0.2) is 47.4 Å². The Balaban J connectivity index is 2.06. The van der Waals surface area contributed by atoms with E-state index in [9.17, 15) is 0 Å². The van der Waals surface area contributed by atoms with Crippen LogP contribution < -0.4 is 15.4 Å². The Labute approximate surface area is 186 Å². The highest BCUT2D eigenvalue weighted by Gasteiger charge is 2.22. The smallest absolute Gasteiger partial charge is 0.237 e. The van der Waals surface area contributed by atoms with Gasteiger partial charge in [0.2, 0.25) is 5.88 Å². The Morgan fingerprint density at radius 2 is 1.74 bits per heavy atom. The van der Waals surface area contributed by atoms with Gasteiger partial charge in [0, 0.05) is 30.9 Å². The van der Waals surface area contributed by atoms with Crippen molar-refractivity contribution < 1.29 is 9.47 Å². The molecule has 2 aromatic heterocycles. The minimum absolute atomic E-state index is 0.123. The van der Waals surface area contributed by atoms with Gasteiger partial charge in [0.15, 0.2) is 0 Å². The maximum Gasteiger partial charge on any atom is 0.237 e. The molecule has 0 amide bonds. The number of ether oxygens (including phenoxy) is 2. The van der Waals surface area contributed by atoms with E-state index in [-0.39, 0.29) is 6.10 Å². The molecule has 0 radical (unpaired) electrons. The van der Waals surface area contributed by atoms with Gasteiger partial charge in [0.25, 0.3) is 0 Å². The maximum absolute atomic E-state index is 6.15. The first-order chi connectivity index (χ1) is 15.1. The molecule has 3 rings (SSSR count). The van der Waals surface area contributed by atoms with Crippen molar-refractivity contribution in [2.45, 2.75) is 73.0 Å². The largest absolute Gasteiger partial charge is 0.473 e. The lowest BCUT2D eigenvalue weighted by Gasteiger charge is -2.30. The van der Waals surface area contributed by atoms with Crippen molar-refractivity contribution in [3.05, 3.63) is 28.7 Å². The normalized spacial score (nSPS) is 14.4. The lowest BCUT2D eigenvalue weighted by Crippen LogP contribution is -2.37. The van der Waals surface area contributed by atoms with Crippen LogP contribution in [0.5, 0.6) is 5.88 Å². The first kappa shape index (κ1) is 23.4. The van der Waals surface area contributed by atoms with E-state index in [0.717, 1.165) is 80.4 Å². The van der Waals surface area contributed by atoms with E-state index in [1.807, 2.05) is 0 Å². The quantitative estimate of drug-likeness (QED) is 0.651. The van der Waals surface area contributed by atoms with Crippen LogP contribution in [0.4, 0.5) is 5.82 Å². The van der Waals surface area contributed by atoms with Crippen LogP contribution in [0.3, 0.4) is 0 Å². The number of morpholine rings is 1. The molecule has 7 heteroatoms. The molecule has 1 fully saturated rings. The van der Waals surface area contributed by atoms with Gasteiger partial charge in [-0.25, -0.2) is 15.0 Å². The number of hydrogen-bond donors (Lipinski definition) is 1. The Kier molecular flexibility index (Phi) is 8.21. The monoisotopic (exact) mass is 427 g/mol. The number of nitrogens with two attached hydrogens (primary N) is 1. The summed E-state index contributed by atoms with van der Waals surface area (Å²) in [5.41, 5.74) is 11.7. The van der Waals surface area contributed by atoms with Gasteiger partial charge in [-0.3, -0.25) is 0 Å². The third kappa shape index (κ3) is 5.15. The van der Waals surface area contributed by atoms with Crippen molar-refractivity contribution in [3.63, 3.8) is 0 Å². The second kappa shape index (κ2) is 10.9. The van der Waals surface area contributed by atoms with Crippen LogP contribution in [-0.2, 0) is 24.1 Å². The SMILES string of the molecule is CCc1cc(-c2nc(CN)c(OC(CC)CC)nc2CC)c(C)nc1N1CCOCC1. The molecular weight excluding hydrogens is 390 g/mol. The Hall–Kier alpha value is -2.25. The predicted octanol–water partition coefficient (Wildman–Crippen LogP) is 3.83. The fourth-order valence-corrected chi connectivity index (χ4v) is 3.97. The van der Waals surface area contributed by atoms with Gasteiger partial charge in [-0.2, -0.15) is 0 Å². The van der Waals surface area contributed by atoms with Crippen LogP contribution >= 0.6 is 0 Å². The summed E-state index contributed by atoms with van der Waals surface area (Å²) in [4.78, 5) is 17.1. The van der Waals surface area contributed by atoms with Gasteiger partial charge in [-0.15, -0.1) is 0 Å². The van der Waals surface area contributed by atoms with E-state index >= 15 is 0 Å². The van der Waals surface area contributed by atoms with Crippen molar-refractivity contribution in [3.8, 4) is 17.1 Å². The van der Waals surface area contributed by atoms with E-state index in [0.29, 0.717) is 18.1 Å². The number of aromatic nitrogens is 3. The molecule has 1 aliphatic heterocycles. The van der Waals surface area contributed by atoms with Crippen LogP contribution in [0.1, 0.15) is 63.2 Å². The topological polar surface area (TPSA) is 86.4 Å². The van der Waals surface area contributed by atoms with Crippen LogP contribution in [0, 0.1) is 6.92 Å². The highest BCUT2D eigenvalue weighted by molar-refractivity contribution is 5.69. The number of hydrogen-bond acceptors (Lipinski definition) is 7. The van der Waals surface area contributed by atoms with E-state index in [4.69, 9.17) is 30.2 Å². The first-order valence-corrected chi connectivity index (χ1v) is 11.7. The highest BCUT2D eigenvalue weighted by atomic mass is 16.5. The molecule has 0 saturated carbocycles. The number of nitrogens with zero attached hydrogens (tertiary/aromatic N) is 4. The van der Waals surface area contributed by atoms with E-state index < -0.39 is 0 Å². The molecule has 0 bridgehead atoms. The summed E-state index contributed by atoms with van der Waals surface area (Å²) in [7, 11) is 0. The van der Waals surface area contributed by atoms with Crippen LogP contribution in [0.25, 0.3) is 11.3 Å². The second-order valence-corrected chi connectivity index (χ2v) is 7.94. The summed E-state index contributed by atoms with van der Waals surface area (Å²) in [6, 6.07) is 2.23. The third-order valence-corrected chi connectivity index (χ3v) is 5.94. The molecule has 3 heterocycles. The molecule has 0 atom stereocenters. The molecule has 0 aliphatic carbocycles. The van der Waals surface area contributed by atoms with Crippen LogP contribution in [0.2, 0.25) is 0 Å². The maximum atomic E-state index is 6.15. The molecule has 170 valence electrons. The van der Waals surface area contributed by atoms with Crippen LogP contribution in [0.15, 0.2) is 6.07 Å². The van der Waals surface area contributed by atoms with Gasteiger partial charge in [-0.1, -0.05) is 27.7 Å².